The molecule has 4 nitrogen and oxygen atoms in total. The largest absolute Gasteiger partial charge is 0.381 e. The highest BCUT2D eigenvalue weighted by Crippen LogP contribution is 2.23. The molecule has 0 aromatic heterocycles. The van der Waals surface area contributed by atoms with Crippen LogP contribution < -0.4 is 10.0 Å². The second-order valence-corrected chi connectivity index (χ2v) is 6.74. The van der Waals surface area contributed by atoms with E-state index in [2.05, 4.69) is 22.2 Å². The van der Waals surface area contributed by atoms with Crippen LogP contribution in [0.4, 0.5) is 5.69 Å². The van der Waals surface area contributed by atoms with E-state index in [0.717, 1.165) is 24.9 Å². The number of hydrogen-bond donors (Lipinski definition) is 2. The van der Waals surface area contributed by atoms with Crippen LogP contribution >= 0.6 is 0 Å². The minimum Gasteiger partial charge on any atom is -0.381 e. The van der Waals surface area contributed by atoms with Crippen LogP contribution in [0.3, 0.4) is 0 Å². The van der Waals surface area contributed by atoms with E-state index < -0.39 is 10.0 Å². The number of rotatable bonds is 4. The first-order chi connectivity index (χ1) is 8.61. The van der Waals surface area contributed by atoms with Crippen LogP contribution in [0.5, 0.6) is 0 Å². The fourth-order valence-electron chi connectivity index (χ4n) is 2.19. The van der Waals surface area contributed by atoms with Gasteiger partial charge in [-0.05, 0) is 37.8 Å². The molecule has 1 aromatic carbocycles. The van der Waals surface area contributed by atoms with Gasteiger partial charge in [0, 0.05) is 18.3 Å². The van der Waals surface area contributed by atoms with Crippen LogP contribution in [0.2, 0.25) is 0 Å². The number of aryl methyl sites for hydroxylation is 1. The Morgan fingerprint density at radius 3 is 2.94 bits per heavy atom. The summed E-state index contributed by atoms with van der Waals surface area (Å²) in [7, 11) is -3.10. The minimum atomic E-state index is -3.10. The van der Waals surface area contributed by atoms with Gasteiger partial charge in [-0.2, -0.15) is 0 Å². The van der Waals surface area contributed by atoms with E-state index in [-0.39, 0.29) is 11.8 Å². The lowest BCUT2D eigenvalue weighted by Gasteiger charge is -2.18. The van der Waals surface area contributed by atoms with Crippen molar-refractivity contribution >= 4 is 15.7 Å². The zero-order valence-electron chi connectivity index (χ0n) is 10.6. The van der Waals surface area contributed by atoms with Crippen molar-refractivity contribution in [2.24, 2.45) is 0 Å². The van der Waals surface area contributed by atoms with Crippen LogP contribution in [-0.2, 0) is 16.4 Å². The summed E-state index contributed by atoms with van der Waals surface area (Å²) < 4.78 is 25.5. The number of hydrogen-bond acceptors (Lipinski definition) is 3. The van der Waals surface area contributed by atoms with Gasteiger partial charge in [0.25, 0.3) is 0 Å². The molecule has 0 saturated carbocycles. The third-order valence-corrected chi connectivity index (χ3v) is 4.67. The first kappa shape index (κ1) is 13.4. The summed E-state index contributed by atoms with van der Waals surface area (Å²) in [6.07, 6.45) is 3.13. The van der Waals surface area contributed by atoms with Crippen molar-refractivity contribution in [3.63, 3.8) is 0 Å². The lowest BCUT2D eigenvalue weighted by Crippen LogP contribution is -2.36. The molecule has 1 heterocycles. The van der Waals surface area contributed by atoms with Crippen LogP contribution in [0.1, 0.15) is 25.3 Å². The van der Waals surface area contributed by atoms with Gasteiger partial charge in [-0.25, -0.2) is 13.1 Å². The Labute approximate surface area is 109 Å². The number of sulfonamides is 1. The lowest BCUT2D eigenvalue weighted by atomic mass is 10.1. The average molecular weight is 268 g/mol. The number of anilines is 1. The van der Waals surface area contributed by atoms with E-state index in [1.54, 1.807) is 6.92 Å². The maximum Gasteiger partial charge on any atom is 0.211 e. The van der Waals surface area contributed by atoms with Gasteiger partial charge in [-0.3, -0.25) is 0 Å². The molecule has 1 unspecified atom stereocenters. The molecule has 100 valence electrons. The second kappa shape index (κ2) is 5.71. The van der Waals surface area contributed by atoms with E-state index in [1.165, 1.54) is 5.56 Å². The summed E-state index contributed by atoms with van der Waals surface area (Å²) in [5, 5.41) is 3.43. The number of nitrogens with one attached hydrogen (secondary N) is 2. The molecule has 1 aromatic rings. The Bertz CT molecular complexity index is 499. The molecule has 0 bridgehead atoms. The third kappa shape index (κ3) is 3.46. The SMILES string of the molecule is CCS(=O)(=O)NCC1CCCc2ccccc2N1. The highest BCUT2D eigenvalue weighted by atomic mass is 32.2. The molecule has 2 N–H and O–H groups in total. The first-order valence-electron chi connectivity index (χ1n) is 6.42. The molecule has 0 saturated heterocycles. The Morgan fingerprint density at radius 2 is 2.17 bits per heavy atom. The minimum absolute atomic E-state index is 0.135. The summed E-state index contributed by atoms with van der Waals surface area (Å²) >= 11 is 0. The predicted molar refractivity (Wildman–Crippen MR) is 74.3 cm³/mol. The van der Waals surface area contributed by atoms with E-state index in [0.29, 0.717) is 6.54 Å². The molecule has 0 aliphatic carbocycles. The van der Waals surface area contributed by atoms with Crippen molar-refractivity contribution in [3.05, 3.63) is 29.8 Å². The van der Waals surface area contributed by atoms with Gasteiger partial charge in [0.1, 0.15) is 0 Å². The fraction of sp³-hybridized carbons (Fsp3) is 0.538. The highest BCUT2D eigenvalue weighted by Gasteiger charge is 2.17. The van der Waals surface area contributed by atoms with Crippen LogP contribution in [-0.4, -0.2) is 26.8 Å². The molecule has 0 amide bonds. The summed E-state index contributed by atoms with van der Waals surface area (Å²) in [4.78, 5) is 0. The molecule has 0 spiro atoms. The van der Waals surface area contributed by atoms with Gasteiger partial charge in [0.2, 0.25) is 10.0 Å². The lowest BCUT2D eigenvalue weighted by molar-refractivity contribution is 0.564. The van der Waals surface area contributed by atoms with E-state index in [1.807, 2.05) is 12.1 Å². The molecule has 0 fully saturated rings. The molecule has 0 radical (unpaired) electrons. The maximum absolute atomic E-state index is 11.4. The Kier molecular flexibility index (Phi) is 4.24. The molecule has 2 rings (SSSR count). The standard InChI is InChI=1S/C13H20N2O2S/c1-2-18(16,17)14-10-12-8-5-7-11-6-3-4-9-13(11)15-12/h3-4,6,9,12,14-15H,2,5,7-8,10H2,1H3. The summed E-state index contributed by atoms with van der Waals surface area (Å²) in [6.45, 7) is 2.11. The number of para-hydroxylation sites is 1. The average Bonchev–Trinajstić information content (AvgIpc) is 2.58. The number of benzene rings is 1. The molecule has 1 atom stereocenters. The first-order valence-corrected chi connectivity index (χ1v) is 8.08. The fourth-order valence-corrected chi connectivity index (χ4v) is 2.85. The molecule has 1 aliphatic heterocycles. The molecule has 5 heteroatoms. The third-order valence-electron chi connectivity index (χ3n) is 3.31. The maximum atomic E-state index is 11.4. The van der Waals surface area contributed by atoms with Crippen molar-refractivity contribution in [3.8, 4) is 0 Å². The van der Waals surface area contributed by atoms with Crippen molar-refractivity contribution in [2.75, 3.05) is 17.6 Å². The smallest absolute Gasteiger partial charge is 0.211 e. The number of fused-ring (bicyclic) bond motifs is 1. The summed E-state index contributed by atoms with van der Waals surface area (Å²) in [6, 6.07) is 8.41. The van der Waals surface area contributed by atoms with E-state index in [9.17, 15) is 8.42 Å². The highest BCUT2D eigenvalue weighted by molar-refractivity contribution is 7.89. The van der Waals surface area contributed by atoms with Crippen LogP contribution in [0.25, 0.3) is 0 Å². The molecule has 1 aliphatic rings. The molecular formula is C13H20N2O2S. The summed E-state index contributed by atoms with van der Waals surface area (Å²) in [5.74, 6) is 0.135. The Hall–Kier alpha value is -1.07. The molecule has 18 heavy (non-hydrogen) atoms. The second-order valence-electron chi connectivity index (χ2n) is 4.64. The van der Waals surface area contributed by atoms with Crippen molar-refractivity contribution in [1.29, 1.82) is 0 Å². The van der Waals surface area contributed by atoms with Gasteiger partial charge in [-0.1, -0.05) is 18.2 Å². The summed E-state index contributed by atoms with van der Waals surface area (Å²) in [5.41, 5.74) is 2.45. The van der Waals surface area contributed by atoms with Gasteiger partial charge in [0.15, 0.2) is 0 Å². The van der Waals surface area contributed by atoms with Crippen molar-refractivity contribution < 1.29 is 8.42 Å². The Balaban J connectivity index is 2.00. The zero-order valence-corrected chi connectivity index (χ0v) is 11.5. The van der Waals surface area contributed by atoms with Crippen molar-refractivity contribution in [1.82, 2.24) is 4.72 Å². The predicted octanol–water partition coefficient (Wildman–Crippen LogP) is 1.74. The van der Waals surface area contributed by atoms with Gasteiger partial charge >= 0.3 is 0 Å². The quantitative estimate of drug-likeness (QED) is 0.874. The van der Waals surface area contributed by atoms with Gasteiger partial charge < -0.3 is 5.32 Å². The Morgan fingerprint density at radius 1 is 1.39 bits per heavy atom. The normalized spacial score (nSPS) is 19.7. The van der Waals surface area contributed by atoms with E-state index >= 15 is 0 Å². The zero-order chi connectivity index (χ0) is 13.0. The van der Waals surface area contributed by atoms with Gasteiger partial charge in [0.05, 0.1) is 5.75 Å². The van der Waals surface area contributed by atoms with Gasteiger partial charge in [-0.15, -0.1) is 0 Å². The van der Waals surface area contributed by atoms with E-state index in [4.69, 9.17) is 0 Å². The monoisotopic (exact) mass is 268 g/mol. The van der Waals surface area contributed by atoms with Crippen molar-refractivity contribution in [2.45, 2.75) is 32.2 Å². The topological polar surface area (TPSA) is 58.2 Å². The molecular weight excluding hydrogens is 248 g/mol. The van der Waals surface area contributed by atoms with Crippen LogP contribution in [0, 0.1) is 0 Å². The van der Waals surface area contributed by atoms with Crippen LogP contribution in [0.15, 0.2) is 24.3 Å².